The van der Waals surface area contributed by atoms with Crippen molar-refractivity contribution in [3.63, 3.8) is 0 Å². The zero-order valence-electron chi connectivity index (χ0n) is 1.38. The van der Waals surface area contributed by atoms with E-state index in [0.717, 1.165) is 0 Å². The predicted molar refractivity (Wildman–Crippen MR) is 36.9 cm³/mol. The van der Waals surface area contributed by atoms with Crippen LogP contribution in [-0.4, -0.2) is 75.9 Å². The first-order chi connectivity index (χ1) is 1.00. The van der Waals surface area contributed by atoms with E-state index in [2.05, 4.69) is 22.4 Å². The zero-order chi connectivity index (χ0) is 2.00. The van der Waals surface area contributed by atoms with Crippen LogP contribution in [0.2, 0.25) is 0 Å². The Balaban J connectivity index is -0.00000000500. The van der Waals surface area contributed by atoms with Gasteiger partial charge in [-0.25, -0.2) is 0 Å². The molecule has 0 nitrogen and oxygen atoms in total. The molecule has 0 aromatic carbocycles. The summed E-state index contributed by atoms with van der Waals surface area (Å²) in [4.78, 5) is 0. The van der Waals surface area contributed by atoms with E-state index in [-0.39, 0.29) is 70.2 Å². The van der Waals surface area contributed by atoms with E-state index in [0.29, 0.717) is 0 Å². The fraction of sp³-hybridized carbons (Fsp3) is 0. The Morgan fingerprint density at radius 3 is 1.25 bits per heavy atom. The van der Waals surface area contributed by atoms with E-state index in [4.69, 9.17) is 0 Å². The summed E-state index contributed by atoms with van der Waals surface area (Å²) in [6.45, 7) is 0. The summed E-state index contributed by atoms with van der Waals surface area (Å²) >= 11 is 2.15. The summed E-state index contributed by atoms with van der Waals surface area (Å²) in [6.07, 6.45) is 0. The molecule has 0 radical (unpaired) electrons. The minimum absolute atomic E-state index is 0. The summed E-state index contributed by atoms with van der Waals surface area (Å²) < 4.78 is 0. The second-order valence-corrected chi connectivity index (χ2v) is 0. The van der Waals surface area contributed by atoms with Crippen molar-refractivity contribution in [3.8, 4) is 0 Å². The Morgan fingerprint density at radius 2 is 1.25 bits per heavy atom. The van der Waals surface area contributed by atoms with Gasteiger partial charge in [-0.05, 0) is 0 Å². The number of hydrogen-bond donors (Lipinski definition) is 0. The van der Waals surface area contributed by atoms with Gasteiger partial charge in [-0.3, -0.25) is 0 Å². The Morgan fingerprint density at radius 1 is 1.25 bits per heavy atom. The van der Waals surface area contributed by atoms with Crippen molar-refractivity contribution in [2.75, 3.05) is 0 Å². The number of halogens is 1. The molecule has 4 heteroatoms. The molecule has 0 aliphatic rings. The van der Waals surface area contributed by atoms with Crippen molar-refractivity contribution in [3.05, 3.63) is 0 Å². The van der Waals surface area contributed by atoms with Gasteiger partial charge in [0.05, 0.1) is 0 Å². The van der Waals surface area contributed by atoms with Crippen LogP contribution in [-0.2, 0) is 0 Å². The van der Waals surface area contributed by atoms with Crippen LogP contribution in [0.15, 0.2) is 0 Å². The summed E-state index contributed by atoms with van der Waals surface area (Å²) in [6, 6.07) is 0. The summed E-state index contributed by atoms with van der Waals surface area (Å²) in [7, 11) is 0. The monoisotopic (exact) mass is 188 g/mol. The van der Waals surface area contributed by atoms with Crippen LogP contribution in [0.1, 0.15) is 0 Å². The van der Waals surface area contributed by atoms with Crippen molar-refractivity contribution in [1.82, 2.24) is 0 Å². The van der Waals surface area contributed by atoms with Crippen molar-refractivity contribution >= 4 is 98.3 Å². The van der Waals surface area contributed by atoms with Crippen LogP contribution in [0, 0.1) is 0 Å². The molecule has 0 N–H and O–H groups in total. The van der Waals surface area contributed by atoms with Gasteiger partial charge in [0.15, 0.2) is 5.70 Å². The maximum atomic E-state index is 2.15. The van der Waals surface area contributed by atoms with E-state index in [1.165, 1.54) is 0 Å². The Labute approximate surface area is 95.7 Å². The van der Waals surface area contributed by atoms with Gasteiger partial charge in [0.2, 0.25) is 0 Å². The van der Waals surface area contributed by atoms with Gasteiger partial charge in [-0.15, -0.1) is 0 Å². The van der Waals surface area contributed by atoms with Gasteiger partial charge in [-0.2, -0.15) is 22.4 Å². The van der Waals surface area contributed by atoms with Gasteiger partial charge in [0.1, 0.15) is 0 Å². The van der Waals surface area contributed by atoms with E-state index < -0.39 is 0 Å². The van der Waals surface area contributed by atoms with Gasteiger partial charge < -0.3 is 0 Å². The van der Waals surface area contributed by atoms with E-state index in [1.54, 1.807) is 0 Å². The molecule has 0 fully saturated rings. The topological polar surface area (TPSA) is 0 Å². The normalized spacial score (nSPS) is 1.25. The van der Waals surface area contributed by atoms with Gasteiger partial charge in [0.25, 0.3) is 0 Å². The first-order valence-corrected chi connectivity index (χ1v) is 2.54. The molecule has 0 aliphatic heterocycles. The molecule has 0 unspecified atom stereocenters. The van der Waals surface area contributed by atoms with Gasteiger partial charge in [-0.1, -0.05) is 0 Å². The second-order valence-electron chi connectivity index (χ2n) is 0. The Kier molecular flexibility index (Phi) is 65.4. The third-order valence-corrected chi connectivity index (χ3v) is 0. The van der Waals surface area contributed by atoms with Crippen molar-refractivity contribution in [1.29, 1.82) is 0 Å². The summed E-state index contributed by atoms with van der Waals surface area (Å²) in [5, 5.41) is 0. The summed E-state index contributed by atoms with van der Waals surface area (Å²) in [5.41, 5.74) is 1.97. The Bertz CT molecular complexity index is 8.00. The van der Waals surface area contributed by atoms with E-state index in [9.17, 15) is 0 Å². The maximum absolute atomic E-state index is 2.15. The van der Waals surface area contributed by atoms with Crippen molar-refractivity contribution in [2.45, 2.75) is 0 Å². The minimum atomic E-state index is 0. The summed E-state index contributed by atoms with van der Waals surface area (Å²) in [5.74, 6) is 0. The molecular formula is H4BIKLi. The zero-order valence-corrected chi connectivity index (χ0v) is 3.54. The molecule has 0 aromatic heterocycles. The van der Waals surface area contributed by atoms with Crippen LogP contribution in [0.3, 0.4) is 0 Å². The number of rotatable bonds is 0. The first kappa shape index (κ1) is 15.7. The molecule has 0 rings (SSSR count). The van der Waals surface area contributed by atoms with Crippen LogP contribution in [0.25, 0.3) is 0 Å². The molecule has 0 atom stereocenters. The molecule has 16 valence electrons. The van der Waals surface area contributed by atoms with Gasteiger partial charge >= 0.3 is 70.2 Å². The Hall–Kier alpha value is 3.03. The molecule has 0 amide bonds. The first-order valence-electron chi connectivity index (χ1n) is 0.378. The molecule has 0 spiro atoms. The molecule has 4 heavy (non-hydrogen) atoms. The van der Waals surface area contributed by atoms with Crippen LogP contribution >= 0.6 is 22.4 Å². The quantitative estimate of drug-likeness (QED) is 0.326. The fourth-order valence-electron chi connectivity index (χ4n) is 0. The molecule has 0 aromatic rings. The predicted octanol–water partition coefficient (Wildman–Crippen LogP) is -1.33. The van der Waals surface area contributed by atoms with Crippen LogP contribution in [0.5, 0.6) is 0 Å². The third kappa shape index (κ3) is 8.90. The van der Waals surface area contributed by atoms with Crippen LogP contribution in [0.4, 0.5) is 0 Å². The molecule has 0 saturated heterocycles. The standard InChI is InChI=1S/BH2I.K.Li.2H/c1-2;;;;/h1H2;;;;. The average Bonchev–Trinajstić information content (AvgIpc) is 1.00. The number of hydrogen-bond acceptors (Lipinski definition) is 0. The van der Waals surface area contributed by atoms with Gasteiger partial charge in [0, 0.05) is 0 Å². The average molecular weight is 188 g/mol. The fourth-order valence-corrected chi connectivity index (χ4v) is 0. The molecule has 0 saturated carbocycles. The molecule has 0 bridgehead atoms. The molecule has 0 heterocycles. The second kappa shape index (κ2) is 16.6. The van der Waals surface area contributed by atoms with E-state index in [1.807, 2.05) is 5.70 Å². The van der Waals surface area contributed by atoms with Crippen LogP contribution < -0.4 is 0 Å². The molecular weight excluding hydrogens is 184 g/mol. The molecule has 0 aliphatic carbocycles. The van der Waals surface area contributed by atoms with Crippen molar-refractivity contribution < 1.29 is 0 Å². The third-order valence-electron chi connectivity index (χ3n) is 0. The SMILES string of the molecule is BI.[KH].[LiH]. The van der Waals surface area contributed by atoms with E-state index >= 15 is 0 Å². The van der Waals surface area contributed by atoms with Crippen molar-refractivity contribution in [2.24, 2.45) is 0 Å².